The molecule has 0 aliphatic carbocycles. The Kier molecular flexibility index (Phi) is 4.14. The molecule has 0 N–H and O–H groups in total. The third-order valence-electron chi connectivity index (χ3n) is 5.49. The summed E-state index contributed by atoms with van der Waals surface area (Å²) < 4.78 is 6.25. The van der Waals surface area contributed by atoms with Gasteiger partial charge in [-0.2, -0.15) is 0 Å². The molecule has 1 aliphatic rings. The third-order valence-corrected chi connectivity index (χ3v) is 5.73. The third kappa shape index (κ3) is 3.08. The minimum Gasteiger partial charge on any atom is -0.457 e. The van der Waals surface area contributed by atoms with Crippen LogP contribution in [0, 0.1) is 0 Å². The van der Waals surface area contributed by atoms with Crippen molar-refractivity contribution >= 4 is 11.6 Å². The highest BCUT2D eigenvalue weighted by atomic mass is 35.5. The van der Waals surface area contributed by atoms with Crippen molar-refractivity contribution in [1.29, 1.82) is 0 Å². The molecule has 0 radical (unpaired) electrons. The van der Waals surface area contributed by atoms with Crippen LogP contribution < -0.4 is 4.74 Å². The van der Waals surface area contributed by atoms with Crippen molar-refractivity contribution in [2.45, 2.75) is 19.3 Å². The van der Waals surface area contributed by atoms with E-state index in [9.17, 15) is 0 Å². The molecule has 0 atom stereocenters. The summed E-state index contributed by atoms with van der Waals surface area (Å²) in [5, 5.41) is 0.671. The van der Waals surface area contributed by atoms with Crippen LogP contribution in [0.3, 0.4) is 0 Å². The highest BCUT2D eigenvalue weighted by molar-refractivity contribution is 6.30. The molecule has 2 aromatic carbocycles. The molecule has 0 bridgehead atoms. The van der Waals surface area contributed by atoms with Gasteiger partial charge in [-0.3, -0.25) is 4.98 Å². The second-order valence-corrected chi connectivity index (χ2v) is 8.16. The van der Waals surface area contributed by atoms with Gasteiger partial charge in [-0.15, -0.1) is 0 Å². The van der Waals surface area contributed by atoms with E-state index in [4.69, 9.17) is 21.3 Å². The van der Waals surface area contributed by atoms with Gasteiger partial charge in [0, 0.05) is 45.1 Å². The van der Waals surface area contributed by atoms with Gasteiger partial charge in [0.25, 0.3) is 0 Å². The number of pyridine rings is 2. The highest BCUT2D eigenvalue weighted by Gasteiger charge is 2.34. The number of hydrogen-bond donors (Lipinski definition) is 0. The lowest BCUT2D eigenvalue weighted by Gasteiger charge is -2.34. The maximum atomic E-state index is 6.25. The van der Waals surface area contributed by atoms with Crippen LogP contribution in [0.15, 0.2) is 79.1 Å². The van der Waals surface area contributed by atoms with Crippen LogP contribution >= 0.6 is 11.6 Å². The zero-order valence-electron chi connectivity index (χ0n) is 16.2. The van der Waals surface area contributed by atoms with Gasteiger partial charge < -0.3 is 4.74 Å². The summed E-state index contributed by atoms with van der Waals surface area (Å²) in [6, 6.07) is 22.1. The fourth-order valence-electron chi connectivity index (χ4n) is 3.91. The topological polar surface area (TPSA) is 35.0 Å². The van der Waals surface area contributed by atoms with Crippen molar-refractivity contribution in [3.63, 3.8) is 0 Å². The fraction of sp³-hybridized carbons (Fsp3) is 0.120. The minimum atomic E-state index is -0.170. The summed E-state index contributed by atoms with van der Waals surface area (Å²) in [5.41, 5.74) is 5.92. The number of halogens is 1. The summed E-state index contributed by atoms with van der Waals surface area (Å²) in [6.45, 7) is 4.42. The standard InChI is InChI=1S/C25H19ClN2O/c1-25(2)19-10-8-16(13-23(19)29-24-14-18(26)9-11-20(24)25)21-6-3-7-22(28-21)17-5-4-12-27-15-17/h3-15H,1-2H3. The summed E-state index contributed by atoms with van der Waals surface area (Å²) in [7, 11) is 0. The lowest BCUT2D eigenvalue weighted by atomic mass is 9.75. The van der Waals surface area contributed by atoms with E-state index in [2.05, 4.69) is 37.0 Å². The summed E-state index contributed by atoms with van der Waals surface area (Å²) in [4.78, 5) is 9.04. The molecular formula is C25H19ClN2O. The number of rotatable bonds is 2. The second-order valence-electron chi connectivity index (χ2n) is 7.73. The van der Waals surface area contributed by atoms with Gasteiger partial charge in [0.15, 0.2) is 0 Å². The van der Waals surface area contributed by atoms with Crippen LogP contribution in [-0.2, 0) is 5.41 Å². The molecule has 0 unspecified atom stereocenters. The molecular weight excluding hydrogens is 380 g/mol. The van der Waals surface area contributed by atoms with E-state index >= 15 is 0 Å². The number of fused-ring (bicyclic) bond motifs is 2. The van der Waals surface area contributed by atoms with Crippen LogP contribution in [0.25, 0.3) is 22.5 Å². The van der Waals surface area contributed by atoms with Crippen molar-refractivity contribution in [3.8, 4) is 34.0 Å². The van der Waals surface area contributed by atoms with Gasteiger partial charge in [-0.25, -0.2) is 4.98 Å². The Morgan fingerprint density at radius 2 is 1.52 bits per heavy atom. The normalized spacial score (nSPS) is 13.9. The molecule has 0 saturated carbocycles. The van der Waals surface area contributed by atoms with E-state index < -0.39 is 0 Å². The zero-order valence-corrected chi connectivity index (χ0v) is 16.9. The first kappa shape index (κ1) is 17.9. The van der Waals surface area contributed by atoms with Gasteiger partial charge in [0.2, 0.25) is 0 Å². The quantitative estimate of drug-likeness (QED) is 0.368. The van der Waals surface area contributed by atoms with Crippen molar-refractivity contribution in [3.05, 3.63) is 95.3 Å². The molecule has 0 spiro atoms. The number of nitrogens with zero attached hydrogens (tertiary/aromatic N) is 2. The summed E-state index contributed by atoms with van der Waals surface area (Å²) in [6.07, 6.45) is 3.59. The van der Waals surface area contributed by atoms with Crippen LogP contribution in [0.2, 0.25) is 5.02 Å². The number of ether oxygens (including phenoxy) is 1. The maximum absolute atomic E-state index is 6.25. The lowest BCUT2D eigenvalue weighted by Crippen LogP contribution is -2.24. The Bertz CT molecular complexity index is 1220. The van der Waals surface area contributed by atoms with Crippen molar-refractivity contribution in [1.82, 2.24) is 9.97 Å². The molecule has 0 fully saturated rings. The Labute approximate surface area is 175 Å². The minimum absolute atomic E-state index is 0.170. The summed E-state index contributed by atoms with van der Waals surface area (Å²) >= 11 is 6.20. The van der Waals surface area contributed by atoms with Crippen molar-refractivity contribution in [2.24, 2.45) is 0 Å². The number of hydrogen-bond acceptors (Lipinski definition) is 3. The van der Waals surface area contributed by atoms with E-state index in [1.807, 2.05) is 54.7 Å². The predicted molar refractivity (Wildman–Crippen MR) is 117 cm³/mol. The largest absolute Gasteiger partial charge is 0.457 e. The molecule has 0 saturated heterocycles. The van der Waals surface area contributed by atoms with Crippen LogP contribution in [0.1, 0.15) is 25.0 Å². The smallest absolute Gasteiger partial charge is 0.133 e. The highest BCUT2D eigenvalue weighted by Crippen LogP contribution is 2.49. The van der Waals surface area contributed by atoms with Crippen molar-refractivity contribution < 1.29 is 4.74 Å². The number of benzene rings is 2. The van der Waals surface area contributed by atoms with Gasteiger partial charge in [-0.1, -0.05) is 49.7 Å². The molecule has 4 aromatic rings. The van der Waals surface area contributed by atoms with E-state index in [1.165, 1.54) is 0 Å². The average Bonchev–Trinajstić information content (AvgIpc) is 2.74. The van der Waals surface area contributed by atoms with E-state index in [0.29, 0.717) is 5.02 Å². The van der Waals surface area contributed by atoms with E-state index in [-0.39, 0.29) is 5.41 Å². The first-order chi connectivity index (χ1) is 14.0. The molecule has 2 aromatic heterocycles. The SMILES string of the molecule is CC1(C)c2ccc(Cl)cc2Oc2cc(-c3cccc(-c4cccnc4)n3)ccc21. The molecule has 3 nitrogen and oxygen atoms in total. The second kappa shape index (κ2) is 6.71. The molecule has 1 aliphatic heterocycles. The van der Waals surface area contributed by atoms with Gasteiger partial charge in [0.05, 0.1) is 11.4 Å². The lowest BCUT2D eigenvalue weighted by molar-refractivity contribution is 0.418. The Balaban J connectivity index is 1.58. The molecule has 4 heteroatoms. The Hall–Kier alpha value is -3.17. The summed E-state index contributed by atoms with van der Waals surface area (Å²) in [5.74, 6) is 1.65. The number of aromatic nitrogens is 2. The fourth-order valence-corrected chi connectivity index (χ4v) is 4.08. The predicted octanol–water partition coefficient (Wildman–Crippen LogP) is 6.90. The van der Waals surface area contributed by atoms with Gasteiger partial charge in [-0.05, 0) is 42.5 Å². The Morgan fingerprint density at radius 1 is 0.793 bits per heavy atom. The van der Waals surface area contributed by atoms with Gasteiger partial charge in [0.1, 0.15) is 11.5 Å². The van der Waals surface area contributed by atoms with Crippen LogP contribution in [0.5, 0.6) is 11.5 Å². The maximum Gasteiger partial charge on any atom is 0.133 e. The Morgan fingerprint density at radius 3 is 2.28 bits per heavy atom. The van der Waals surface area contributed by atoms with E-state index in [0.717, 1.165) is 45.1 Å². The van der Waals surface area contributed by atoms with Crippen molar-refractivity contribution in [2.75, 3.05) is 0 Å². The first-order valence-corrected chi connectivity index (χ1v) is 9.90. The first-order valence-electron chi connectivity index (χ1n) is 9.52. The molecule has 142 valence electrons. The van der Waals surface area contributed by atoms with Crippen LogP contribution in [-0.4, -0.2) is 9.97 Å². The molecule has 0 amide bonds. The average molecular weight is 399 g/mol. The van der Waals surface area contributed by atoms with E-state index in [1.54, 1.807) is 6.20 Å². The van der Waals surface area contributed by atoms with Crippen LogP contribution in [0.4, 0.5) is 0 Å². The monoisotopic (exact) mass is 398 g/mol. The molecule has 29 heavy (non-hydrogen) atoms. The zero-order chi connectivity index (χ0) is 20.0. The molecule has 3 heterocycles. The molecule has 5 rings (SSSR count). The van der Waals surface area contributed by atoms with Gasteiger partial charge >= 0.3 is 0 Å².